The van der Waals surface area contributed by atoms with E-state index in [9.17, 15) is 4.79 Å². The number of aryl methyl sites for hydroxylation is 1. The Bertz CT molecular complexity index is 866. The Morgan fingerprint density at radius 2 is 2.12 bits per heavy atom. The Morgan fingerprint density at radius 3 is 2.77 bits per heavy atom. The highest BCUT2D eigenvalue weighted by Crippen LogP contribution is 2.37. The fourth-order valence-corrected chi connectivity index (χ4v) is 3.62. The lowest BCUT2D eigenvalue weighted by atomic mass is 10.1. The lowest BCUT2D eigenvalue weighted by molar-refractivity contribution is 0.151. The number of nitrogens with zero attached hydrogens (tertiary/aromatic N) is 3. The molecule has 1 aliphatic rings. The van der Waals surface area contributed by atoms with Crippen molar-refractivity contribution in [1.82, 2.24) is 9.55 Å². The molecule has 1 aliphatic heterocycles. The summed E-state index contributed by atoms with van der Waals surface area (Å²) < 4.78 is 12.3. The number of methoxy groups -OCH3 is 2. The number of hydrogen-bond acceptors (Lipinski definition) is 5. The summed E-state index contributed by atoms with van der Waals surface area (Å²) in [4.78, 5) is 19.5. The van der Waals surface area contributed by atoms with E-state index < -0.39 is 0 Å². The standard InChI is InChI=1S/C19H24BN3O3/c1-5-14(11-25-3)23-10-16(20)21-18(19(23)24)22-7-6-13-9-15(26-4)8-12(2)17(13)22/h8-10,14H,5-7,11H2,1-4H3/t14-/m1/s1. The molecule has 136 valence electrons. The smallest absolute Gasteiger partial charge is 0.294 e. The van der Waals surface area contributed by atoms with Crippen LogP contribution in [0.3, 0.4) is 0 Å². The van der Waals surface area contributed by atoms with E-state index >= 15 is 0 Å². The van der Waals surface area contributed by atoms with Crippen LogP contribution in [0.5, 0.6) is 5.75 Å². The van der Waals surface area contributed by atoms with Crippen LogP contribution >= 0.6 is 0 Å². The minimum absolute atomic E-state index is 0.0735. The van der Waals surface area contributed by atoms with Crippen molar-refractivity contribution in [3.05, 3.63) is 39.8 Å². The third kappa shape index (κ3) is 3.23. The Labute approximate surface area is 155 Å². The molecule has 0 spiro atoms. The molecule has 1 aromatic carbocycles. The van der Waals surface area contributed by atoms with Crippen molar-refractivity contribution in [2.75, 3.05) is 32.3 Å². The van der Waals surface area contributed by atoms with Crippen LogP contribution < -0.4 is 20.8 Å². The molecule has 3 rings (SSSR count). The Morgan fingerprint density at radius 1 is 1.35 bits per heavy atom. The van der Waals surface area contributed by atoms with E-state index in [0.29, 0.717) is 24.6 Å². The lowest BCUT2D eigenvalue weighted by Crippen LogP contribution is -2.37. The summed E-state index contributed by atoms with van der Waals surface area (Å²) in [5.74, 6) is 1.19. The van der Waals surface area contributed by atoms with Crippen LogP contribution in [0.4, 0.5) is 11.5 Å². The van der Waals surface area contributed by atoms with Crippen molar-refractivity contribution in [3.63, 3.8) is 0 Å². The molecular formula is C19H24BN3O3. The van der Waals surface area contributed by atoms with E-state index in [-0.39, 0.29) is 11.6 Å². The molecule has 2 heterocycles. The highest BCUT2D eigenvalue weighted by molar-refractivity contribution is 6.30. The molecule has 1 atom stereocenters. The molecule has 0 bridgehead atoms. The first kappa shape index (κ1) is 18.5. The van der Waals surface area contributed by atoms with Gasteiger partial charge in [-0.2, -0.15) is 0 Å². The molecular weight excluding hydrogens is 329 g/mol. The molecule has 2 aromatic rings. The minimum atomic E-state index is -0.147. The summed E-state index contributed by atoms with van der Waals surface area (Å²) >= 11 is 0. The van der Waals surface area contributed by atoms with E-state index in [0.717, 1.165) is 35.4 Å². The fourth-order valence-electron chi connectivity index (χ4n) is 3.62. The predicted molar refractivity (Wildman–Crippen MR) is 104 cm³/mol. The Kier molecular flexibility index (Phi) is 5.37. The van der Waals surface area contributed by atoms with E-state index in [1.807, 2.05) is 30.9 Å². The summed E-state index contributed by atoms with van der Waals surface area (Å²) in [6, 6.07) is 3.92. The molecule has 0 saturated carbocycles. The van der Waals surface area contributed by atoms with Crippen molar-refractivity contribution < 1.29 is 9.47 Å². The van der Waals surface area contributed by atoms with E-state index in [2.05, 4.69) is 4.98 Å². The maximum Gasteiger partial charge on any atom is 0.294 e. The molecule has 0 amide bonds. The van der Waals surface area contributed by atoms with Gasteiger partial charge in [-0.1, -0.05) is 6.92 Å². The SMILES string of the molecule is [B]c1cn([C@H](CC)COC)c(=O)c(N2CCc3cc(OC)cc(C)c32)n1. The maximum absolute atomic E-state index is 13.2. The van der Waals surface area contributed by atoms with Gasteiger partial charge in [0.25, 0.3) is 5.56 Å². The van der Waals surface area contributed by atoms with Gasteiger partial charge >= 0.3 is 0 Å². The van der Waals surface area contributed by atoms with Crippen molar-refractivity contribution in [2.24, 2.45) is 0 Å². The van der Waals surface area contributed by atoms with Crippen LogP contribution in [0.2, 0.25) is 0 Å². The van der Waals surface area contributed by atoms with Gasteiger partial charge in [0.05, 0.1) is 19.8 Å². The number of fused-ring (bicyclic) bond motifs is 1. The third-order valence-electron chi connectivity index (χ3n) is 4.87. The summed E-state index contributed by atoms with van der Waals surface area (Å²) in [7, 11) is 9.32. The monoisotopic (exact) mass is 353 g/mol. The molecule has 2 radical (unpaired) electrons. The van der Waals surface area contributed by atoms with Crippen LogP contribution in [0.15, 0.2) is 23.1 Å². The van der Waals surface area contributed by atoms with Crippen LogP contribution in [0.1, 0.15) is 30.5 Å². The van der Waals surface area contributed by atoms with E-state index in [4.69, 9.17) is 17.3 Å². The average Bonchev–Trinajstić information content (AvgIpc) is 3.05. The zero-order valence-electron chi connectivity index (χ0n) is 15.8. The van der Waals surface area contributed by atoms with Crippen molar-refractivity contribution >= 4 is 24.9 Å². The highest BCUT2D eigenvalue weighted by atomic mass is 16.5. The van der Waals surface area contributed by atoms with Gasteiger partial charge in [-0.3, -0.25) is 4.79 Å². The van der Waals surface area contributed by atoms with Crippen molar-refractivity contribution in [3.8, 4) is 5.75 Å². The zero-order chi connectivity index (χ0) is 18.8. The van der Waals surface area contributed by atoms with Gasteiger partial charge in [0.15, 0.2) is 5.82 Å². The molecule has 26 heavy (non-hydrogen) atoms. The van der Waals surface area contributed by atoms with Gasteiger partial charge in [-0.25, -0.2) is 4.98 Å². The first-order valence-electron chi connectivity index (χ1n) is 8.82. The molecule has 0 aliphatic carbocycles. The Hall–Kier alpha value is -2.28. The molecule has 0 N–H and O–H groups in total. The van der Waals surface area contributed by atoms with Crippen LogP contribution in [-0.2, 0) is 11.2 Å². The zero-order valence-corrected chi connectivity index (χ0v) is 15.8. The van der Waals surface area contributed by atoms with Crippen molar-refractivity contribution in [2.45, 2.75) is 32.7 Å². The molecule has 6 nitrogen and oxygen atoms in total. The topological polar surface area (TPSA) is 56.6 Å². The van der Waals surface area contributed by atoms with Gasteiger partial charge in [-0.05, 0) is 43.0 Å². The molecule has 0 saturated heterocycles. The van der Waals surface area contributed by atoms with Gasteiger partial charge in [0, 0.05) is 31.1 Å². The number of hydrogen-bond donors (Lipinski definition) is 0. The average molecular weight is 353 g/mol. The van der Waals surface area contributed by atoms with Gasteiger partial charge in [-0.15, -0.1) is 0 Å². The van der Waals surface area contributed by atoms with Crippen LogP contribution in [0.25, 0.3) is 0 Å². The quantitative estimate of drug-likeness (QED) is 0.739. The van der Waals surface area contributed by atoms with Gasteiger partial charge in [0.2, 0.25) is 0 Å². The maximum atomic E-state index is 13.2. The third-order valence-corrected chi connectivity index (χ3v) is 4.87. The van der Waals surface area contributed by atoms with E-state index in [1.54, 1.807) is 25.0 Å². The number of ether oxygens (including phenoxy) is 2. The number of benzene rings is 1. The number of aromatic nitrogens is 2. The number of rotatable bonds is 6. The van der Waals surface area contributed by atoms with Crippen LogP contribution in [-0.4, -0.2) is 44.8 Å². The summed E-state index contributed by atoms with van der Waals surface area (Å²) in [6.07, 6.45) is 3.21. The van der Waals surface area contributed by atoms with Crippen LogP contribution in [0, 0.1) is 6.92 Å². The molecule has 0 fully saturated rings. The summed E-state index contributed by atoms with van der Waals surface area (Å²) in [6.45, 7) is 5.18. The Balaban J connectivity index is 2.10. The fraction of sp³-hybridized carbons (Fsp3) is 0.474. The lowest BCUT2D eigenvalue weighted by Gasteiger charge is -2.24. The number of anilines is 2. The van der Waals surface area contributed by atoms with Gasteiger partial charge < -0.3 is 18.9 Å². The normalized spacial score (nSPS) is 14.4. The highest BCUT2D eigenvalue weighted by Gasteiger charge is 2.27. The molecule has 0 unspecified atom stereocenters. The summed E-state index contributed by atoms with van der Waals surface area (Å²) in [5.41, 5.74) is 3.41. The second-order valence-electron chi connectivity index (χ2n) is 6.57. The van der Waals surface area contributed by atoms with Crippen molar-refractivity contribution in [1.29, 1.82) is 0 Å². The molecule has 1 aromatic heterocycles. The minimum Gasteiger partial charge on any atom is -0.497 e. The first-order chi connectivity index (χ1) is 12.5. The molecule has 7 heteroatoms. The summed E-state index contributed by atoms with van der Waals surface area (Å²) in [5, 5.41) is 0. The van der Waals surface area contributed by atoms with E-state index in [1.165, 1.54) is 0 Å². The predicted octanol–water partition coefficient (Wildman–Crippen LogP) is 1.65. The second kappa shape index (κ2) is 7.54. The second-order valence-corrected chi connectivity index (χ2v) is 6.57. The first-order valence-corrected chi connectivity index (χ1v) is 8.82. The largest absolute Gasteiger partial charge is 0.497 e. The van der Waals surface area contributed by atoms with Gasteiger partial charge in [0.1, 0.15) is 13.6 Å².